The number of hydrogen-bond donors (Lipinski definition) is 2. The third kappa shape index (κ3) is 2.89. The van der Waals surface area contributed by atoms with Crippen molar-refractivity contribution in [3.63, 3.8) is 0 Å². The van der Waals surface area contributed by atoms with Crippen LogP contribution in [-0.4, -0.2) is 17.3 Å². The standard InChI is InChI=1S/C16H20N4O/c1-21-15-10-9-14(19-20-15)16(18-17)13-7-5-12(6-8-13)11-3-2-4-11/h5-11,16,18H,2-4,17H2,1H3. The number of rotatable bonds is 5. The van der Waals surface area contributed by atoms with Gasteiger partial charge in [-0.1, -0.05) is 30.7 Å². The number of hydrazine groups is 1. The van der Waals surface area contributed by atoms with E-state index >= 15 is 0 Å². The SMILES string of the molecule is COc1ccc(C(NN)c2ccc(C3CCC3)cc2)nn1. The van der Waals surface area contributed by atoms with Crippen molar-refractivity contribution in [1.82, 2.24) is 15.6 Å². The van der Waals surface area contributed by atoms with Crippen molar-refractivity contribution in [2.75, 3.05) is 7.11 Å². The molecule has 1 unspecified atom stereocenters. The van der Waals surface area contributed by atoms with Crippen molar-refractivity contribution >= 4 is 0 Å². The van der Waals surface area contributed by atoms with E-state index in [0.717, 1.165) is 17.2 Å². The van der Waals surface area contributed by atoms with Crippen LogP contribution in [0.25, 0.3) is 0 Å². The second kappa shape index (κ2) is 6.20. The second-order valence-electron chi connectivity index (χ2n) is 5.39. The van der Waals surface area contributed by atoms with Gasteiger partial charge in [0, 0.05) is 6.07 Å². The van der Waals surface area contributed by atoms with Crippen LogP contribution in [0.2, 0.25) is 0 Å². The summed E-state index contributed by atoms with van der Waals surface area (Å²) in [6.45, 7) is 0. The first kappa shape index (κ1) is 14.0. The van der Waals surface area contributed by atoms with Crippen molar-refractivity contribution in [2.45, 2.75) is 31.2 Å². The molecule has 0 radical (unpaired) electrons. The Balaban J connectivity index is 1.81. The Bertz CT molecular complexity index is 578. The summed E-state index contributed by atoms with van der Waals surface area (Å²) in [5, 5.41) is 8.16. The molecule has 1 fully saturated rings. The molecule has 110 valence electrons. The number of nitrogens with zero attached hydrogens (tertiary/aromatic N) is 2. The summed E-state index contributed by atoms with van der Waals surface area (Å²) >= 11 is 0. The van der Waals surface area contributed by atoms with Gasteiger partial charge in [-0.2, -0.15) is 0 Å². The first-order valence-electron chi connectivity index (χ1n) is 7.25. The molecule has 0 aliphatic heterocycles. The van der Waals surface area contributed by atoms with Gasteiger partial charge in [0.25, 0.3) is 0 Å². The molecule has 1 saturated carbocycles. The minimum absolute atomic E-state index is 0.168. The summed E-state index contributed by atoms with van der Waals surface area (Å²) in [5.74, 6) is 6.93. The van der Waals surface area contributed by atoms with Gasteiger partial charge in [0.15, 0.2) is 0 Å². The molecule has 3 N–H and O–H groups in total. The van der Waals surface area contributed by atoms with E-state index in [4.69, 9.17) is 10.6 Å². The van der Waals surface area contributed by atoms with Crippen LogP contribution in [0.5, 0.6) is 5.88 Å². The van der Waals surface area contributed by atoms with Gasteiger partial charge in [-0.15, -0.1) is 10.2 Å². The molecule has 0 amide bonds. The van der Waals surface area contributed by atoms with Gasteiger partial charge in [0.2, 0.25) is 5.88 Å². The molecule has 2 aromatic rings. The summed E-state index contributed by atoms with van der Waals surface area (Å²) in [7, 11) is 1.57. The lowest BCUT2D eigenvalue weighted by Gasteiger charge is -2.26. The van der Waals surface area contributed by atoms with Crippen LogP contribution < -0.4 is 16.0 Å². The third-order valence-corrected chi connectivity index (χ3v) is 4.18. The van der Waals surface area contributed by atoms with Gasteiger partial charge in [-0.3, -0.25) is 5.84 Å². The van der Waals surface area contributed by atoms with Crippen molar-refractivity contribution in [3.05, 3.63) is 53.2 Å². The Kier molecular flexibility index (Phi) is 4.13. The Hall–Kier alpha value is -1.98. The van der Waals surface area contributed by atoms with E-state index in [2.05, 4.69) is 39.9 Å². The van der Waals surface area contributed by atoms with Gasteiger partial charge in [-0.05, 0) is 36.0 Å². The van der Waals surface area contributed by atoms with E-state index in [1.54, 1.807) is 13.2 Å². The monoisotopic (exact) mass is 284 g/mol. The van der Waals surface area contributed by atoms with E-state index in [9.17, 15) is 0 Å². The Morgan fingerprint density at radius 3 is 2.38 bits per heavy atom. The molecule has 21 heavy (non-hydrogen) atoms. The lowest BCUT2D eigenvalue weighted by molar-refractivity contribution is 0.390. The number of aromatic nitrogens is 2. The molecule has 1 aromatic heterocycles. The van der Waals surface area contributed by atoms with Crippen LogP contribution >= 0.6 is 0 Å². The molecule has 1 aromatic carbocycles. The molecule has 3 rings (SSSR count). The molecule has 0 bridgehead atoms. The number of benzene rings is 1. The molecule has 1 aliphatic rings. The van der Waals surface area contributed by atoms with Gasteiger partial charge < -0.3 is 4.74 Å². The molecule has 5 heteroatoms. The minimum Gasteiger partial charge on any atom is -0.480 e. The highest BCUT2D eigenvalue weighted by atomic mass is 16.5. The fraction of sp³-hybridized carbons (Fsp3) is 0.375. The molecular weight excluding hydrogens is 264 g/mol. The van der Waals surface area contributed by atoms with Gasteiger partial charge in [0.05, 0.1) is 18.8 Å². The van der Waals surface area contributed by atoms with Gasteiger partial charge in [0.1, 0.15) is 0 Å². The van der Waals surface area contributed by atoms with Crippen LogP contribution in [-0.2, 0) is 0 Å². The zero-order chi connectivity index (χ0) is 14.7. The normalized spacial score (nSPS) is 16.3. The van der Waals surface area contributed by atoms with Gasteiger partial charge >= 0.3 is 0 Å². The molecule has 0 spiro atoms. The van der Waals surface area contributed by atoms with Crippen LogP contribution in [0, 0.1) is 0 Å². The summed E-state index contributed by atoms with van der Waals surface area (Å²) in [6.07, 6.45) is 3.96. The molecule has 1 atom stereocenters. The van der Waals surface area contributed by atoms with Crippen LogP contribution in [0.3, 0.4) is 0 Å². The van der Waals surface area contributed by atoms with E-state index in [0.29, 0.717) is 5.88 Å². The summed E-state index contributed by atoms with van der Waals surface area (Å²) in [6, 6.07) is 12.1. The summed E-state index contributed by atoms with van der Waals surface area (Å²) in [5.41, 5.74) is 6.08. The lowest BCUT2D eigenvalue weighted by atomic mass is 9.80. The van der Waals surface area contributed by atoms with E-state index in [1.807, 2.05) is 6.07 Å². The Morgan fingerprint density at radius 1 is 1.14 bits per heavy atom. The zero-order valence-corrected chi connectivity index (χ0v) is 12.1. The minimum atomic E-state index is -0.168. The van der Waals surface area contributed by atoms with Gasteiger partial charge in [-0.25, -0.2) is 5.43 Å². The average Bonchev–Trinajstić information content (AvgIpc) is 2.49. The Morgan fingerprint density at radius 2 is 1.90 bits per heavy atom. The summed E-state index contributed by atoms with van der Waals surface area (Å²) < 4.78 is 5.02. The first-order valence-corrected chi connectivity index (χ1v) is 7.25. The fourth-order valence-corrected chi connectivity index (χ4v) is 2.65. The third-order valence-electron chi connectivity index (χ3n) is 4.18. The number of nitrogens with one attached hydrogen (secondary N) is 1. The fourth-order valence-electron chi connectivity index (χ4n) is 2.65. The molecule has 1 heterocycles. The average molecular weight is 284 g/mol. The highest BCUT2D eigenvalue weighted by Crippen LogP contribution is 2.36. The number of methoxy groups -OCH3 is 1. The zero-order valence-electron chi connectivity index (χ0n) is 12.1. The highest BCUT2D eigenvalue weighted by molar-refractivity contribution is 5.32. The molecule has 5 nitrogen and oxygen atoms in total. The maximum atomic E-state index is 5.69. The molecular formula is C16H20N4O. The maximum absolute atomic E-state index is 5.69. The van der Waals surface area contributed by atoms with Crippen molar-refractivity contribution < 1.29 is 4.74 Å². The maximum Gasteiger partial charge on any atom is 0.233 e. The highest BCUT2D eigenvalue weighted by Gasteiger charge is 2.20. The predicted molar refractivity (Wildman–Crippen MR) is 80.8 cm³/mol. The van der Waals surface area contributed by atoms with E-state index in [1.165, 1.54) is 24.8 Å². The Labute approximate surface area is 124 Å². The van der Waals surface area contributed by atoms with E-state index in [-0.39, 0.29) is 6.04 Å². The molecule has 0 saturated heterocycles. The predicted octanol–water partition coefficient (Wildman–Crippen LogP) is 2.31. The van der Waals surface area contributed by atoms with Crippen LogP contribution in [0.15, 0.2) is 36.4 Å². The van der Waals surface area contributed by atoms with Crippen molar-refractivity contribution in [2.24, 2.45) is 5.84 Å². The first-order chi connectivity index (χ1) is 10.3. The van der Waals surface area contributed by atoms with Crippen molar-refractivity contribution in [1.29, 1.82) is 0 Å². The molecule has 1 aliphatic carbocycles. The van der Waals surface area contributed by atoms with Crippen LogP contribution in [0.4, 0.5) is 0 Å². The van der Waals surface area contributed by atoms with Crippen LogP contribution in [0.1, 0.15) is 48.0 Å². The van der Waals surface area contributed by atoms with E-state index < -0.39 is 0 Å². The number of hydrogen-bond acceptors (Lipinski definition) is 5. The summed E-state index contributed by atoms with van der Waals surface area (Å²) in [4.78, 5) is 0. The second-order valence-corrected chi connectivity index (χ2v) is 5.39. The quantitative estimate of drug-likeness (QED) is 0.651. The smallest absolute Gasteiger partial charge is 0.233 e. The number of ether oxygens (including phenoxy) is 1. The van der Waals surface area contributed by atoms with Crippen molar-refractivity contribution in [3.8, 4) is 5.88 Å². The lowest BCUT2D eigenvalue weighted by Crippen LogP contribution is -2.29. The number of nitrogens with two attached hydrogens (primary N) is 1. The topological polar surface area (TPSA) is 73.1 Å². The largest absolute Gasteiger partial charge is 0.480 e.